The second kappa shape index (κ2) is 8.29. The third kappa shape index (κ3) is 4.39. The van der Waals surface area contributed by atoms with Crippen molar-refractivity contribution in [3.05, 3.63) is 87.6 Å². The van der Waals surface area contributed by atoms with E-state index in [9.17, 15) is 14.4 Å². The number of aryl methyl sites for hydroxylation is 1. The number of rotatable bonds is 4. The van der Waals surface area contributed by atoms with Crippen LogP contribution < -0.4 is 16.2 Å². The van der Waals surface area contributed by atoms with Crippen LogP contribution in [-0.2, 0) is 0 Å². The van der Waals surface area contributed by atoms with E-state index >= 15 is 0 Å². The fraction of sp³-hybridized carbons (Fsp3) is 0.0500. The van der Waals surface area contributed by atoms with Crippen LogP contribution in [0.2, 0.25) is 0 Å². The highest BCUT2D eigenvalue weighted by molar-refractivity contribution is 7.12. The molecule has 1 aromatic heterocycles. The summed E-state index contributed by atoms with van der Waals surface area (Å²) < 4.78 is 0. The third-order valence-electron chi connectivity index (χ3n) is 3.84. The number of hydrogen-bond acceptors (Lipinski definition) is 4. The fourth-order valence-electron chi connectivity index (χ4n) is 2.46. The summed E-state index contributed by atoms with van der Waals surface area (Å²) in [5, 5.41) is 4.52. The lowest BCUT2D eigenvalue weighted by molar-refractivity contribution is 0.0846. The largest absolute Gasteiger partial charge is 0.321 e. The number of amides is 3. The van der Waals surface area contributed by atoms with Crippen molar-refractivity contribution in [1.82, 2.24) is 10.9 Å². The predicted molar refractivity (Wildman–Crippen MR) is 105 cm³/mol. The monoisotopic (exact) mass is 379 g/mol. The minimum atomic E-state index is -0.529. The van der Waals surface area contributed by atoms with Crippen LogP contribution in [0, 0.1) is 6.92 Å². The molecule has 0 spiro atoms. The molecular weight excluding hydrogens is 362 g/mol. The number of para-hydroxylation sites is 1. The van der Waals surface area contributed by atoms with Crippen molar-refractivity contribution < 1.29 is 14.4 Å². The van der Waals surface area contributed by atoms with Gasteiger partial charge in [-0.25, -0.2) is 0 Å². The Bertz CT molecular complexity index is 984. The Hall–Kier alpha value is -3.45. The zero-order chi connectivity index (χ0) is 19.2. The van der Waals surface area contributed by atoms with Crippen LogP contribution in [0.3, 0.4) is 0 Å². The Morgan fingerprint density at radius 2 is 1.37 bits per heavy atom. The van der Waals surface area contributed by atoms with Gasteiger partial charge in [-0.05, 0) is 42.1 Å². The molecule has 2 aromatic carbocycles. The first-order chi connectivity index (χ1) is 13.1. The van der Waals surface area contributed by atoms with E-state index in [0.29, 0.717) is 16.1 Å². The van der Waals surface area contributed by atoms with E-state index in [2.05, 4.69) is 16.2 Å². The van der Waals surface area contributed by atoms with Gasteiger partial charge in [-0.15, -0.1) is 11.3 Å². The Morgan fingerprint density at radius 1 is 0.741 bits per heavy atom. The van der Waals surface area contributed by atoms with Crippen LogP contribution in [0.4, 0.5) is 5.69 Å². The SMILES string of the molecule is Cc1ccccc1C(=O)NNC(=O)c1ccccc1NC(=O)c1cccs1. The second-order valence-electron chi connectivity index (χ2n) is 5.70. The van der Waals surface area contributed by atoms with Crippen LogP contribution in [0.5, 0.6) is 0 Å². The highest BCUT2D eigenvalue weighted by Gasteiger charge is 2.16. The second-order valence-corrected chi connectivity index (χ2v) is 6.65. The molecule has 0 aliphatic heterocycles. The van der Waals surface area contributed by atoms with Gasteiger partial charge in [-0.1, -0.05) is 36.4 Å². The van der Waals surface area contributed by atoms with Crippen LogP contribution >= 0.6 is 11.3 Å². The standard InChI is InChI=1S/C20H17N3O3S/c1-13-7-2-3-8-14(13)18(24)22-23-19(25)15-9-4-5-10-16(15)21-20(26)17-11-6-12-27-17/h2-12H,1H3,(H,21,26)(H,22,24)(H,23,25). The van der Waals surface area contributed by atoms with Gasteiger partial charge >= 0.3 is 0 Å². The molecule has 0 unspecified atom stereocenters. The van der Waals surface area contributed by atoms with E-state index in [0.717, 1.165) is 5.56 Å². The maximum absolute atomic E-state index is 12.5. The molecule has 0 saturated carbocycles. The highest BCUT2D eigenvalue weighted by atomic mass is 32.1. The first kappa shape index (κ1) is 18.3. The molecule has 0 atom stereocenters. The average Bonchev–Trinajstić information content (AvgIpc) is 3.21. The number of thiophene rings is 1. The lowest BCUT2D eigenvalue weighted by Crippen LogP contribution is -2.42. The summed E-state index contributed by atoms with van der Waals surface area (Å²) >= 11 is 1.31. The van der Waals surface area contributed by atoms with Gasteiger partial charge in [0.05, 0.1) is 16.1 Å². The molecule has 1 heterocycles. The summed E-state index contributed by atoms with van der Waals surface area (Å²) in [5.41, 5.74) is 6.65. The minimum absolute atomic E-state index is 0.243. The fourth-order valence-corrected chi connectivity index (χ4v) is 3.08. The Balaban J connectivity index is 1.69. The zero-order valence-electron chi connectivity index (χ0n) is 14.5. The number of carbonyl (C=O) groups is 3. The van der Waals surface area contributed by atoms with Crippen LogP contribution in [0.1, 0.15) is 36.0 Å². The molecule has 3 amide bonds. The van der Waals surface area contributed by atoms with Crippen molar-refractivity contribution in [2.24, 2.45) is 0 Å². The van der Waals surface area contributed by atoms with Gasteiger partial charge in [0.15, 0.2) is 0 Å². The number of hydrazine groups is 1. The van der Waals surface area contributed by atoms with Gasteiger partial charge < -0.3 is 5.32 Å². The lowest BCUT2D eigenvalue weighted by atomic mass is 10.1. The molecule has 0 aliphatic carbocycles. The van der Waals surface area contributed by atoms with Crippen molar-refractivity contribution in [2.45, 2.75) is 6.92 Å². The van der Waals surface area contributed by atoms with Gasteiger partial charge in [0, 0.05) is 5.56 Å². The molecule has 136 valence electrons. The van der Waals surface area contributed by atoms with Crippen LogP contribution in [0.25, 0.3) is 0 Å². The number of benzene rings is 2. The maximum Gasteiger partial charge on any atom is 0.271 e. The number of carbonyl (C=O) groups excluding carboxylic acids is 3. The molecule has 27 heavy (non-hydrogen) atoms. The molecule has 3 aromatic rings. The van der Waals surface area contributed by atoms with E-state index in [1.54, 1.807) is 53.9 Å². The van der Waals surface area contributed by atoms with Crippen molar-refractivity contribution in [2.75, 3.05) is 5.32 Å². The maximum atomic E-state index is 12.5. The summed E-state index contributed by atoms with van der Waals surface area (Å²) in [6.07, 6.45) is 0. The van der Waals surface area contributed by atoms with Crippen LogP contribution in [0.15, 0.2) is 66.0 Å². The molecule has 3 N–H and O–H groups in total. The third-order valence-corrected chi connectivity index (χ3v) is 4.71. The van der Waals surface area contributed by atoms with Crippen LogP contribution in [-0.4, -0.2) is 17.7 Å². The van der Waals surface area contributed by atoms with Gasteiger partial charge in [-0.3, -0.25) is 25.2 Å². The van der Waals surface area contributed by atoms with Crippen molar-refractivity contribution >= 4 is 34.7 Å². The Labute approximate surface area is 160 Å². The summed E-state index contributed by atoms with van der Waals surface area (Å²) in [4.78, 5) is 37.5. The van der Waals surface area contributed by atoms with E-state index in [1.165, 1.54) is 11.3 Å². The molecule has 7 heteroatoms. The molecule has 6 nitrogen and oxygen atoms in total. The quantitative estimate of drug-likeness (QED) is 0.607. The molecule has 0 saturated heterocycles. The van der Waals surface area contributed by atoms with Crippen molar-refractivity contribution in [3.8, 4) is 0 Å². The summed E-state index contributed by atoms with van der Waals surface area (Å²) in [7, 11) is 0. The zero-order valence-corrected chi connectivity index (χ0v) is 15.3. The molecule has 0 aliphatic rings. The van der Waals surface area contributed by atoms with Gasteiger partial charge in [0.2, 0.25) is 0 Å². The number of nitrogens with one attached hydrogen (secondary N) is 3. The molecule has 3 rings (SSSR count). The number of hydrogen-bond donors (Lipinski definition) is 3. The summed E-state index contributed by atoms with van der Waals surface area (Å²) in [6, 6.07) is 17.1. The first-order valence-corrected chi connectivity index (χ1v) is 9.04. The Kier molecular flexibility index (Phi) is 5.63. The number of anilines is 1. The van der Waals surface area contributed by atoms with E-state index in [1.807, 2.05) is 19.1 Å². The highest BCUT2D eigenvalue weighted by Crippen LogP contribution is 2.18. The van der Waals surface area contributed by atoms with Crippen molar-refractivity contribution in [3.63, 3.8) is 0 Å². The summed E-state index contributed by atoms with van der Waals surface area (Å²) in [6.45, 7) is 1.81. The Morgan fingerprint density at radius 3 is 2.04 bits per heavy atom. The normalized spacial score (nSPS) is 10.1. The topological polar surface area (TPSA) is 87.3 Å². The van der Waals surface area contributed by atoms with Gasteiger partial charge in [0.25, 0.3) is 17.7 Å². The molecule has 0 radical (unpaired) electrons. The van der Waals surface area contributed by atoms with Gasteiger partial charge in [0.1, 0.15) is 0 Å². The molecule has 0 bridgehead atoms. The lowest BCUT2D eigenvalue weighted by Gasteiger charge is -2.12. The van der Waals surface area contributed by atoms with E-state index in [-0.39, 0.29) is 11.5 Å². The van der Waals surface area contributed by atoms with E-state index in [4.69, 9.17) is 0 Å². The van der Waals surface area contributed by atoms with Gasteiger partial charge in [-0.2, -0.15) is 0 Å². The average molecular weight is 379 g/mol. The minimum Gasteiger partial charge on any atom is -0.321 e. The smallest absolute Gasteiger partial charge is 0.271 e. The summed E-state index contributed by atoms with van der Waals surface area (Å²) in [5.74, 6) is -1.24. The molecule has 0 fully saturated rings. The van der Waals surface area contributed by atoms with E-state index < -0.39 is 11.8 Å². The first-order valence-electron chi connectivity index (χ1n) is 8.16. The molecular formula is C20H17N3O3S. The van der Waals surface area contributed by atoms with Crippen molar-refractivity contribution in [1.29, 1.82) is 0 Å². The predicted octanol–water partition coefficient (Wildman–Crippen LogP) is 3.38.